The molecule has 28 heavy (non-hydrogen) atoms. The topological polar surface area (TPSA) is 0 Å². The van der Waals surface area contributed by atoms with Crippen LogP contribution >= 0.6 is 0 Å². The molecule has 0 nitrogen and oxygen atoms in total. The summed E-state index contributed by atoms with van der Waals surface area (Å²) >= 11 is 0. The highest BCUT2D eigenvalue weighted by Gasteiger charge is 2.06. The fourth-order valence-electron chi connectivity index (χ4n) is 3.64. The molecule has 0 N–H and O–H groups in total. The van der Waals surface area contributed by atoms with E-state index in [1.807, 2.05) is 0 Å². The van der Waals surface area contributed by atoms with Crippen molar-refractivity contribution in [2.75, 3.05) is 0 Å². The zero-order chi connectivity index (χ0) is 19.9. The summed E-state index contributed by atoms with van der Waals surface area (Å²) in [5.74, 6) is 0. The Morgan fingerprint density at radius 1 is 0.571 bits per heavy atom. The molecule has 0 spiro atoms. The molecular weight excluding hydrogens is 336 g/mol. The van der Waals surface area contributed by atoms with Gasteiger partial charge in [-0.3, -0.25) is 0 Å². The maximum absolute atomic E-state index is 2.49. The first kappa shape index (κ1) is 22.2. The van der Waals surface area contributed by atoms with E-state index in [2.05, 4.69) is 86.7 Å². The van der Waals surface area contributed by atoms with E-state index in [1.165, 1.54) is 73.6 Å². The summed E-state index contributed by atoms with van der Waals surface area (Å²) in [6.07, 6.45) is 17.4. The lowest BCUT2D eigenvalue weighted by molar-refractivity contribution is 0.728. The van der Waals surface area contributed by atoms with Gasteiger partial charge in [-0.15, -0.1) is 0 Å². The highest BCUT2D eigenvalue weighted by atomic mass is 14.1. The number of allylic oxidation sites excluding steroid dienone is 4. The van der Waals surface area contributed by atoms with Crippen LogP contribution in [0.3, 0.4) is 0 Å². The molecule has 0 unspecified atom stereocenters. The van der Waals surface area contributed by atoms with Crippen molar-refractivity contribution < 1.29 is 0 Å². The van der Waals surface area contributed by atoms with Crippen LogP contribution in [0.2, 0.25) is 0 Å². The van der Waals surface area contributed by atoms with Crippen molar-refractivity contribution in [1.29, 1.82) is 0 Å². The highest BCUT2D eigenvalue weighted by Crippen LogP contribution is 2.28. The summed E-state index contributed by atoms with van der Waals surface area (Å²) in [6.45, 7) is 4.55. The lowest BCUT2D eigenvalue weighted by Gasteiger charge is -2.12. The van der Waals surface area contributed by atoms with E-state index in [9.17, 15) is 0 Å². The van der Waals surface area contributed by atoms with Crippen LogP contribution in [0.5, 0.6) is 0 Å². The van der Waals surface area contributed by atoms with Crippen molar-refractivity contribution in [2.24, 2.45) is 0 Å². The maximum Gasteiger partial charge on any atom is -0.0228 e. The smallest absolute Gasteiger partial charge is 0.0228 e. The third kappa shape index (κ3) is 8.30. The van der Waals surface area contributed by atoms with Gasteiger partial charge >= 0.3 is 0 Å². The molecule has 0 heteroatoms. The van der Waals surface area contributed by atoms with Crippen LogP contribution in [-0.2, 0) is 0 Å². The largest absolute Gasteiger partial charge is 0.0807 e. The Bertz CT molecular complexity index is 628. The van der Waals surface area contributed by atoms with Crippen LogP contribution in [-0.4, -0.2) is 0 Å². The molecule has 0 saturated heterocycles. The normalized spacial score (nSPS) is 12.4. The van der Waals surface area contributed by atoms with Gasteiger partial charge in [0.1, 0.15) is 0 Å². The summed E-state index contributed by atoms with van der Waals surface area (Å²) in [5, 5.41) is 0. The lowest BCUT2D eigenvalue weighted by Crippen LogP contribution is -1.90. The zero-order valence-corrected chi connectivity index (χ0v) is 18.0. The Hall–Kier alpha value is -2.08. The summed E-state index contributed by atoms with van der Waals surface area (Å²) < 4.78 is 0. The molecule has 0 heterocycles. The predicted octanol–water partition coefficient (Wildman–Crippen LogP) is 9.09. The van der Waals surface area contributed by atoms with Crippen LogP contribution in [0, 0.1) is 0 Å². The Labute approximate surface area is 173 Å². The Morgan fingerprint density at radius 3 is 1.32 bits per heavy atom. The molecule has 0 aromatic heterocycles. The van der Waals surface area contributed by atoms with Gasteiger partial charge in [0.15, 0.2) is 0 Å². The van der Waals surface area contributed by atoms with Crippen molar-refractivity contribution >= 4 is 11.1 Å². The van der Waals surface area contributed by atoms with Crippen molar-refractivity contribution in [3.05, 3.63) is 83.9 Å². The second kappa shape index (κ2) is 14.0. The Morgan fingerprint density at radius 2 is 0.964 bits per heavy atom. The number of benzene rings is 2. The van der Waals surface area contributed by atoms with E-state index < -0.39 is 0 Å². The molecule has 0 amide bonds. The number of rotatable bonds is 13. The molecule has 2 aromatic carbocycles. The van der Waals surface area contributed by atoms with Gasteiger partial charge in [0.2, 0.25) is 0 Å². The SMILES string of the molecule is CCCCC/C=C(/CC/C(=C\CCCCC)c1ccccc1)c1ccccc1. The first-order valence-electron chi connectivity index (χ1n) is 11.3. The van der Waals surface area contributed by atoms with Gasteiger partial charge in [0, 0.05) is 0 Å². The van der Waals surface area contributed by atoms with Crippen LogP contribution in [0.15, 0.2) is 72.8 Å². The maximum atomic E-state index is 2.49. The van der Waals surface area contributed by atoms with Gasteiger partial charge in [-0.05, 0) is 60.8 Å². The highest BCUT2D eigenvalue weighted by molar-refractivity contribution is 5.71. The predicted molar refractivity (Wildman–Crippen MR) is 126 cm³/mol. The van der Waals surface area contributed by atoms with Gasteiger partial charge < -0.3 is 0 Å². The fraction of sp³-hybridized carbons (Fsp3) is 0.429. The molecule has 150 valence electrons. The standard InChI is InChI=1S/C28H38/c1-3-5-7-11-21-27(25-17-13-9-14-18-25)23-24-28(22-12-8-6-4-2)26-19-15-10-16-20-26/h9-10,13-22H,3-8,11-12,23-24H2,1-2H3/b27-21-,28-22+. The lowest BCUT2D eigenvalue weighted by atomic mass is 9.93. The summed E-state index contributed by atoms with van der Waals surface area (Å²) in [5.41, 5.74) is 5.79. The van der Waals surface area contributed by atoms with Crippen molar-refractivity contribution in [3.8, 4) is 0 Å². The second-order valence-corrected chi connectivity index (χ2v) is 7.68. The van der Waals surface area contributed by atoms with Crippen LogP contribution < -0.4 is 0 Å². The quantitative estimate of drug-likeness (QED) is 0.307. The molecule has 2 aromatic rings. The molecule has 0 fully saturated rings. The third-order valence-electron chi connectivity index (χ3n) is 5.35. The molecule has 0 aliphatic rings. The molecule has 0 aliphatic heterocycles. The molecule has 2 rings (SSSR count). The minimum Gasteiger partial charge on any atom is -0.0807 e. The third-order valence-corrected chi connectivity index (χ3v) is 5.35. The Kier molecular flexibility index (Phi) is 11.1. The van der Waals surface area contributed by atoms with Crippen LogP contribution in [0.25, 0.3) is 11.1 Å². The zero-order valence-electron chi connectivity index (χ0n) is 18.0. The number of unbranched alkanes of at least 4 members (excludes halogenated alkanes) is 6. The van der Waals surface area contributed by atoms with Crippen LogP contribution in [0.1, 0.15) is 89.2 Å². The number of hydrogen-bond donors (Lipinski definition) is 0. The van der Waals surface area contributed by atoms with Crippen molar-refractivity contribution in [1.82, 2.24) is 0 Å². The number of hydrogen-bond acceptors (Lipinski definition) is 0. The first-order chi connectivity index (χ1) is 13.8. The first-order valence-corrected chi connectivity index (χ1v) is 11.3. The van der Waals surface area contributed by atoms with E-state index >= 15 is 0 Å². The molecule has 0 atom stereocenters. The molecule has 0 aliphatic carbocycles. The van der Waals surface area contributed by atoms with Crippen LogP contribution in [0.4, 0.5) is 0 Å². The molecule has 0 radical (unpaired) electrons. The Balaban J connectivity index is 2.11. The van der Waals surface area contributed by atoms with E-state index in [0.29, 0.717) is 0 Å². The molecule has 0 saturated carbocycles. The van der Waals surface area contributed by atoms with E-state index in [1.54, 1.807) is 0 Å². The average Bonchev–Trinajstić information content (AvgIpc) is 2.75. The van der Waals surface area contributed by atoms with Gasteiger partial charge in [-0.1, -0.05) is 112 Å². The van der Waals surface area contributed by atoms with Gasteiger partial charge in [-0.25, -0.2) is 0 Å². The minimum absolute atomic E-state index is 1.12. The van der Waals surface area contributed by atoms with Gasteiger partial charge in [-0.2, -0.15) is 0 Å². The average molecular weight is 375 g/mol. The van der Waals surface area contributed by atoms with E-state index in [-0.39, 0.29) is 0 Å². The van der Waals surface area contributed by atoms with Crippen molar-refractivity contribution in [3.63, 3.8) is 0 Å². The summed E-state index contributed by atoms with van der Waals surface area (Å²) in [7, 11) is 0. The van der Waals surface area contributed by atoms with E-state index in [4.69, 9.17) is 0 Å². The van der Waals surface area contributed by atoms with E-state index in [0.717, 1.165) is 12.8 Å². The van der Waals surface area contributed by atoms with Crippen molar-refractivity contribution in [2.45, 2.75) is 78.1 Å². The summed E-state index contributed by atoms with van der Waals surface area (Å²) in [6, 6.07) is 21.9. The van der Waals surface area contributed by atoms with Gasteiger partial charge in [0.05, 0.1) is 0 Å². The fourth-order valence-corrected chi connectivity index (χ4v) is 3.64. The monoisotopic (exact) mass is 374 g/mol. The molecular formula is C28H38. The minimum atomic E-state index is 1.12. The molecule has 0 bridgehead atoms. The summed E-state index contributed by atoms with van der Waals surface area (Å²) in [4.78, 5) is 0. The second-order valence-electron chi connectivity index (χ2n) is 7.68. The van der Waals surface area contributed by atoms with Gasteiger partial charge in [0.25, 0.3) is 0 Å².